The van der Waals surface area contributed by atoms with E-state index in [4.69, 9.17) is 0 Å². The molecule has 0 saturated carbocycles. The summed E-state index contributed by atoms with van der Waals surface area (Å²) in [7, 11) is 0. The summed E-state index contributed by atoms with van der Waals surface area (Å²) in [6, 6.07) is 6.88. The molecule has 0 atom stereocenters. The lowest BCUT2D eigenvalue weighted by atomic mass is 9.99. The number of hydrogen-bond donors (Lipinski definition) is 1. The van der Waals surface area contributed by atoms with Crippen LogP contribution >= 0.6 is 0 Å². The fraction of sp³-hybridized carbons (Fsp3) is 0.571. The molecule has 0 amide bonds. The van der Waals surface area contributed by atoms with E-state index in [0.29, 0.717) is 0 Å². The van der Waals surface area contributed by atoms with Gasteiger partial charge in [0, 0.05) is 6.54 Å². The van der Waals surface area contributed by atoms with Crippen molar-refractivity contribution in [1.82, 2.24) is 11.1 Å². The number of halogens is 1. The van der Waals surface area contributed by atoms with Crippen LogP contribution in [0.15, 0.2) is 24.3 Å². The Bertz CT molecular complexity index is 315. The van der Waals surface area contributed by atoms with E-state index in [1.54, 1.807) is 12.1 Å². The first kappa shape index (κ1) is 14.1. The van der Waals surface area contributed by atoms with Crippen LogP contribution in [-0.2, 0) is 6.42 Å². The lowest BCUT2D eigenvalue weighted by Crippen LogP contribution is -2.34. The van der Waals surface area contributed by atoms with Crippen LogP contribution in [-0.4, -0.2) is 24.5 Å². The summed E-state index contributed by atoms with van der Waals surface area (Å²) in [5, 5.41) is 0. The van der Waals surface area contributed by atoms with Gasteiger partial charge in [-0.25, -0.2) is 4.39 Å². The molecule has 96 valence electrons. The molecule has 0 unspecified atom stereocenters. The summed E-state index contributed by atoms with van der Waals surface area (Å²) in [6.07, 6.45) is 3.68. The molecule has 17 heavy (non-hydrogen) atoms. The second kappa shape index (κ2) is 6.72. The molecule has 0 bridgehead atoms. The van der Waals surface area contributed by atoms with Crippen molar-refractivity contribution in [2.24, 2.45) is 5.92 Å². The molecule has 1 aromatic carbocycles. The molecule has 2 rings (SSSR count). The topological polar surface area (TPSA) is 38.2 Å². The maximum atomic E-state index is 12.7. The second-order valence-corrected chi connectivity index (χ2v) is 4.90. The summed E-state index contributed by atoms with van der Waals surface area (Å²) in [4.78, 5) is 2.52. The van der Waals surface area contributed by atoms with Gasteiger partial charge in [0.1, 0.15) is 5.82 Å². The third-order valence-corrected chi connectivity index (χ3v) is 3.51. The Kier molecular flexibility index (Phi) is 5.59. The highest BCUT2D eigenvalue weighted by Crippen LogP contribution is 2.16. The smallest absolute Gasteiger partial charge is 0.123 e. The third kappa shape index (κ3) is 4.44. The minimum Gasteiger partial charge on any atom is -0.344 e. The van der Waals surface area contributed by atoms with Crippen molar-refractivity contribution in [1.29, 1.82) is 0 Å². The number of rotatable bonds is 3. The molecule has 3 heteroatoms. The Morgan fingerprint density at radius 2 is 1.76 bits per heavy atom. The quantitative estimate of drug-likeness (QED) is 0.877. The summed E-state index contributed by atoms with van der Waals surface area (Å²) in [5.41, 5.74) is 1.24. The van der Waals surface area contributed by atoms with Gasteiger partial charge in [0.05, 0.1) is 0 Å². The standard InChI is InChI=1S/C14H20FN.H3N/c1-12-6-9-16(10-7-12)11-8-13-2-4-14(15)5-3-13;/h2-5,12H,6-11H2,1H3;1H3. The Hall–Kier alpha value is -0.930. The van der Waals surface area contributed by atoms with Gasteiger partial charge in [-0.1, -0.05) is 19.1 Å². The zero-order valence-corrected chi connectivity index (χ0v) is 10.7. The number of nitrogens with zero attached hydrogens (tertiary/aromatic N) is 1. The van der Waals surface area contributed by atoms with E-state index in [9.17, 15) is 4.39 Å². The minimum atomic E-state index is -0.143. The number of piperidine rings is 1. The summed E-state index contributed by atoms with van der Waals surface area (Å²) < 4.78 is 12.7. The van der Waals surface area contributed by atoms with Crippen LogP contribution < -0.4 is 6.15 Å². The molecule has 3 N–H and O–H groups in total. The van der Waals surface area contributed by atoms with E-state index in [1.165, 1.54) is 31.5 Å². The zero-order chi connectivity index (χ0) is 11.4. The Morgan fingerprint density at radius 1 is 1.18 bits per heavy atom. The van der Waals surface area contributed by atoms with Gasteiger partial charge in [0.2, 0.25) is 0 Å². The highest BCUT2D eigenvalue weighted by atomic mass is 19.1. The predicted molar refractivity (Wildman–Crippen MR) is 70.0 cm³/mol. The monoisotopic (exact) mass is 238 g/mol. The summed E-state index contributed by atoms with van der Waals surface area (Å²) in [5.74, 6) is 0.748. The Morgan fingerprint density at radius 3 is 2.35 bits per heavy atom. The van der Waals surface area contributed by atoms with Crippen molar-refractivity contribution < 1.29 is 4.39 Å². The molecule has 1 fully saturated rings. The lowest BCUT2D eigenvalue weighted by Gasteiger charge is -2.30. The zero-order valence-electron chi connectivity index (χ0n) is 10.7. The first-order chi connectivity index (χ1) is 7.74. The summed E-state index contributed by atoms with van der Waals surface area (Å²) >= 11 is 0. The van der Waals surface area contributed by atoms with Crippen LogP contribution in [0.4, 0.5) is 4.39 Å². The molecule has 0 aromatic heterocycles. The second-order valence-electron chi connectivity index (χ2n) is 4.90. The van der Waals surface area contributed by atoms with Crippen LogP contribution in [0.3, 0.4) is 0 Å². The van der Waals surface area contributed by atoms with E-state index >= 15 is 0 Å². The van der Waals surface area contributed by atoms with Gasteiger partial charge in [-0.3, -0.25) is 0 Å². The molecular formula is C14H23FN2. The average Bonchev–Trinajstić information content (AvgIpc) is 2.30. The van der Waals surface area contributed by atoms with Gasteiger partial charge >= 0.3 is 0 Å². The van der Waals surface area contributed by atoms with Crippen molar-refractivity contribution in [2.45, 2.75) is 26.2 Å². The van der Waals surface area contributed by atoms with E-state index in [1.807, 2.05) is 12.1 Å². The van der Waals surface area contributed by atoms with E-state index in [0.717, 1.165) is 18.9 Å². The molecule has 2 nitrogen and oxygen atoms in total. The van der Waals surface area contributed by atoms with Crippen LogP contribution in [0.2, 0.25) is 0 Å². The van der Waals surface area contributed by atoms with Crippen LogP contribution in [0, 0.1) is 11.7 Å². The van der Waals surface area contributed by atoms with Gasteiger partial charge in [-0.05, 0) is 56.0 Å². The van der Waals surface area contributed by atoms with Crippen molar-refractivity contribution >= 4 is 0 Å². The van der Waals surface area contributed by atoms with E-state index < -0.39 is 0 Å². The minimum absolute atomic E-state index is 0. The Labute approximate surface area is 103 Å². The van der Waals surface area contributed by atoms with Crippen molar-refractivity contribution in [3.63, 3.8) is 0 Å². The van der Waals surface area contributed by atoms with Crippen molar-refractivity contribution in [2.75, 3.05) is 19.6 Å². The maximum Gasteiger partial charge on any atom is 0.123 e. The van der Waals surface area contributed by atoms with E-state index in [2.05, 4.69) is 11.8 Å². The molecule has 0 aliphatic carbocycles. The molecule has 1 aromatic rings. The van der Waals surface area contributed by atoms with Gasteiger partial charge in [0.15, 0.2) is 0 Å². The maximum absolute atomic E-state index is 12.7. The first-order valence-electron chi connectivity index (χ1n) is 6.21. The summed E-state index contributed by atoms with van der Waals surface area (Å²) in [6.45, 7) is 5.89. The molecule has 0 radical (unpaired) electrons. The predicted octanol–water partition coefficient (Wildman–Crippen LogP) is 3.26. The Balaban J connectivity index is 0.00000144. The highest BCUT2D eigenvalue weighted by Gasteiger charge is 2.14. The highest BCUT2D eigenvalue weighted by molar-refractivity contribution is 5.16. The van der Waals surface area contributed by atoms with Crippen LogP contribution in [0.1, 0.15) is 25.3 Å². The normalized spacial score (nSPS) is 17.8. The molecule has 0 spiro atoms. The fourth-order valence-corrected chi connectivity index (χ4v) is 2.22. The van der Waals surface area contributed by atoms with Gasteiger partial charge < -0.3 is 11.1 Å². The van der Waals surface area contributed by atoms with Crippen molar-refractivity contribution in [3.8, 4) is 0 Å². The van der Waals surface area contributed by atoms with Crippen molar-refractivity contribution in [3.05, 3.63) is 35.6 Å². The van der Waals surface area contributed by atoms with E-state index in [-0.39, 0.29) is 12.0 Å². The van der Waals surface area contributed by atoms with Gasteiger partial charge in [-0.15, -0.1) is 0 Å². The molecular weight excluding hydrogens is 215 g/mol. The largest absolute Gasteiger partial charge is 0.344 e. The average molecular weight is 238 g/mol. The number of hydrogen-bond acceptors (Lipinski definition) is 2. The molecule has 1 aliphatic heterocycles. The molecule has 1 heterocycles. The van der Waals surface area contributed by atoms with Crippen LogP contribution in [0.25, 0.3) is 0 Å². The molecule has 1 aliphatic rings. The lowest BCUT2D eigenvalue weighted by molar-refractivity contribution is 0.194. The van der Waals surface area contributed by atoms with Gasteiger partial charge in [-0.2, -0.15) is 0 Å². The number of benzene rings is 1. The molecule has 1 saturated heterocycles. The SMILES string of the molecule is CC1CCN(CCc2ccc(F)cc2)CC1.N. The van der Waals surface area contributed by atoms with Gasteiger partial charge in [0.25, 0.3) is 0 Å². The fourth-order valence-electron chi connectivity index (χ4n) is 2.22. The number of likely N-dealkylation sites (tertiary alicyclic amines) is 1. The third-order valence-electron chi connectivity index (χ3n) is 3.51. The van der Waals surface area contributed by atoms with Crippen LogP contribution in [0.5, 0.6) is 0 Å². The first-order valence-corrected chi connectivity index (χ1v) is 6.21.